The molecule has 134 valence electrons. The van der Waals surface area contributed by atoms with Crippen LogP contribution < -0.4 is 5.32 Å². The normalized spacial score (nSPS) is 11.9. The van der Waals surface area contributed by atoms with E-state index in [-0.39, 0.29) is 11.3 Å². The van der Waals surface area contributed by atoms with Gasteiger partial charge in [-0.3, -0.25) is 9.48 Å². The molecule has 0 fully saturated rings. The largest absolute Gasteiger partial charge is 0.506 e. The van der Waals surface area contributed by atoms with E-state index in [9.17, 15) is 14.7 Å². The van der Waals surface area contributed by atoms with E-state index in [2.05, 4.69) is 26.3 Å². The number of anilines is 1. The minimum Gasteiger partial charge on any atom is -0.506 e. The Morgan fingerprint density at radius 1 is 1.32 bits per heavy atom. The van der Waals surface area contributed by atoms with Gasteiger partial charge in [0.2, 0.25) is 0 Å². The number of aromatic hydroxyl groups is 1. The standard InChI is InChI=1S/C17H20BrN3O4/c1-8-6-12(15(22)13(18)7-8)17(24)25-11(4)16(23)19-14-9(2)20-21(5)10(14)3/h6-7,11,22H,1-5H3,(H,19,23). The third kappa shape index (κ3) is 4.01. The van der Waals surface area contributed by atoms with E-state index in [1.54, 1.807) is 31.6 Å². The third-order valence-electron chi connectivity index (χ3n) is 3.84. The van der Waals surface area contributed by atoms with Gasteiger partial charge in [-0.2, -0.15) is 5.10 Å². The van der Waals surface area contributed by atoms with E-state index in [0.29, 0.717) is 15.9 Å². The Labute approximate surface area is 154 Å². The maximum absolute atomic E-state index is 12.3. The van der Waals surface area contributed by atoms with Crippen molar-refractivity contribution in [2.45, 2.75) is 33.8 Å². The van der Waals surface area contributed by atoms with Gasteiger partial charge in [-0.15, -0.1) is 0 Å². The third-order valence-corrected chi connectivity index (χ3v) is 4.44. The molecule has 0 radical (unpaired) electrons. The first kappa shape index (κ1) is 19.0. The Morgan fingerprint density at radius 3 is 2.52 bits per heavy atom. The summed E-state index contributed by atoms with van der Waals surface area (Å²) in [4.78, 5) is 24.6. The minimum absolute atomic E-state index is 0.000244. The summed E-state index contributed by atoms with van der Waals surface area (Å²) in [6.07, 6.45) is -1.04. The molecule has 7 nitrogen and oxygen atoms in total. The first-order valence-corrected chi connectivity index (χ1v) is 8.42. The highest BCUT2D eigenvalue weighted by atomic mass is 79.9. The molecule has 2 rings (SSSR count). The van der Waals surface area contributed by atoms with Gasteiger partial charge in [0.25, 0.3) is 5.91 Å². The molecule has 1 heterocycles. The van der Waals surface area contributed by atoms with Gasteiger partial charge in [-0.1, -0.05) is 0 Å². The number of esters is 1. The molecule has 1 unspecified atom stereocenters. The van der Waals surface area contributed by atoms with Crippen molar-refractivity contribution in [3.63, 3.8) is 0 Å². The molecule has 1 aromatic heterocycles. The molecule has 8 heteroatoms. The highest BCUT2D eigenvalue weighted by molar-refractivity contribution is 9.10. The quantitative estimate of drug-likeness (QED) is 0.756. The zero-order valence-corrected chi connectivity index (χ0v) is 16.3. The van der Waals surface area contributed by atoms with Crippen LogP contribution in [0.2, 0.25) is 0 Å². The van der Waals surface area contributed by atoms with Crippen LogP contribution in [0.3, 0.4) is 0 Å². The van der Waals surface area contributed by atoms with Crippen LogP contribution in [0.15, 0.2) is 16.6 Å². The number of hydrogen-bond donors (Lipinski definition) is 2. The van der Waals surface area contributed by atoms with Gasteiger partial charge >= 0.3 is 5.97 Å². The number of amides is 1. The fourth-order valence-electron chi connectivity index (χ4n) is 2.35. The molecule has 0 saturated carbocycles. The number of benzene rings is 1. The van der Waals surface area contributed by atoms with Crippen molar-refractivity contribution in [2.75, 3.05) is 5.32 Å². The molecule has 2 N–H and O–H groups in total. The maximum atomic E-state index is 12.3. The molecular formula is C17H20BrN3O4. The van der Waals surface area contributed by atoms with E-state index < -0.39 is 18.0 Å². The summed E-state index contributed by atoms with van der Waals surface area (Å²) < 4.78 is 7.23. The zero-order chi connectivity index (χ0) is 18.9. The number of carbonyl (C=O) groups is 2. The molecule has 0 saturated heterocycles. The van der Waals surface area contributed by atoms with Crippen molar-refractivity contribution in [3.8, 4) is 5.75 Å². The summed E-state index contributed by atoms with van der Waals surface area (Å²) in [5.41, 5.74) is 2.84. The summed E-state index contributed by atoms with van der Waals surface area (Å²) in [5.74, 6) is -1.47. The summed E-state index contributed by atoms with van der Waals surface area (Å²) in [6.45, 7) is 6.86. The van der Waals surface area contributed by atoms with Crippen LogP contribution in [0.25, 0.3) is 0 Å². The summed E-state index contributed by atoms with van der Waals surface area (Å²) in [7, 11) is 1.78. The van der Waals surface area contributed by atoms with Crippen molar-refractivity contribution in [3.05, 3.63) is 39.1 Å². The molecule has 0 aliphatic carbocycles. The second kappa shape index (κ2) is 7.26. The first-order chi connectivity index (χ1) is 11.6. The van der Waals surface area contributed by atoms with Gasteiger partial charge in [0.15, 0.2) is 6.10 Å². The van der Waals surface area contributed by atoms with Gasteiger partial charge in [0.1, 0.15) is 11.3 Å². The number of phenols is 1. The van der Waals surface area contributed by atoms with Gasteiger partial charge < -0.3 is 15.2 Å². The maximum Gasteiger partial charge on any atom is 0.342 e. The van der Waals surface area contributed by atoms with Crippen LogP contribution in [0, 0.1) is 20.8 Å². The van der Waals surface area contributed by atoms with Crippen LogP contribution >= 0.6 is 15.9 Å². The lowest BCUT2D eigenvalue weighted by Gasteiger charge is -2.15. The monoisotopic (exact) mass is 409 g/mol. The zero-order valence-electron chi connectivity index (χ0n) is 14.7. The average Bonchev–Trinajstić information content (AvgIpc) is 2.76. The molecule has 0 aliphatic heterocycles. The Morgan fingerprint density at radius 2 is 1.96 bits per heavy atom. The second-order valence-corrected chi connectivity index (χ2v) is 6.70. The van der Waals surface area contributed by atoms with Crippen LogP contribution in [0.1, 0.15) is 34.2 Å². The van der Waals surface area contributed by atoms with Gasteiger partial charge in [-0.25, -0.2) is 4.79 Å². The first-order valence-electron chi connectivity index (χ1n) is 7.63. The number of hydrogen-bond acceptors (Lipinski definition) is 5. The molecule has 0 bridgehead atoms. The Balaban J connectivity index is 2.12. The molecule has 25 heavy (non-hydrogen) atoms. The minimum atomic E-state index is -1.04. The number of aryl methyl sites for hydroxylation is 3. The number of phenolic OH excluding ortho intramolecular Hbond substituents is 1. The predicted octanol–water partition coefficient (Wildman–Crippen LogP) is 3.00. The topological polar surface area (TPSA) is 93.4 Å². The molecule has 2 aromatic rings. The summed E-state index contributed by atoms with van der Waals surface area (Å²) in [6, 6.07) is 3.18. The van der Waals surface area contributed by atoms with Crippen LogP contribution in [0.4, 0.5) is 5.69 Å². The van der Waals surface area contributed by atoms with E-state index in [0.717, 1.165) is 11.3 Å². The van der Waals surface area contributed by atoms with E-state index in [1.807, 2.05) is 6.92 Å². The van der Waals surface area contributed by atoms with Crippen molar-refractivity contribution in [1.82, 2.24) is 9.78 Å². The van der Waals surface area contributed by atoms with Crippen LogP contribution in [0.5, 0.6) is 5.75 Å². The number of ether oxygens (including phenoxy) is 1. The highest BCUT2D eigenvalue weighted by Crippen LogP contribution is 2.30. The Bertz CT molecular complexity index is 845. The van der Waals surface area contributed by atoms with E-state index in [1.165, 1.54) is 13.0 Å². The Kier molecular flexibility index (Phi) is 5.52. The van der Waals surface area contributed by atoms with Crippen molar-refractivity contribution < 1.29 is 19.4 Å². The van der Waals surface area contributed by atoms with Crippen LogP contribution in [-0.2, 0) is 16.6 Å². The lowest BCUT2D eigenvalue weighted by molar-refractivity contribution is -0.123. The molecule has 1 aromatic carbocycles. The summed E-state index contributed by atoms with van der Waals surface area (Å²) in [5, 5.41) is 16.9. The number of nitrogens with zero attached hydrogens (tertiary/aromatic N) is 2. The lowest BCUT2D eigenvalue weighted by Crippen LogP contribution is -2.30. The number of rotatable bonds is 4. The number of nitrogens with one attached hydrogen (secondary N) is 1. The highest BCUT2D eigenvalue weighted by Gasteiger charge is 2.23. The second-order valence-electron chi connectivity index (χ2n) is 5.85. The fourth-order valence-corrected chi connectivity index (χ4v) is 2.92. The lowest BCUT2D eigenvalue weighted by atomic mass is 10.1. The van der Waals surface area contributed by atoms with Gasteiger partial charge in [0, 0.05) is 7.05 Å². The number of aromatic nitrogens is 2. The van der Waals surface area contributed by atoms with Crippen molar-refractivity contribution in [2.24, 2.45) is 7.05 Å². The fraction of sp³-hybridized carbons (Fsp3) is 0.353. The molecule has 1 atom stereocenters. The average molecular weight is 410 g/mol. The smallest absolute Gasteiger partial charge is 0.342 e. The van der Waals surface area contributed by atoms with Crippen molar-refractivity contribution >= 4 is 33.5 Å². The predicted molar refractivity (Wildman–Crippen MR) is 96.7 cm³/mol. The van der Waals surface area contributed by atoms with Crippen molar-refractivity contribution in [1.29, 1.82) is 0 Å². The van der Waals surface area contributed by atoms with Crippen LogP contribution in [-0.4, -0.2) is 32.9 Å². The van der Waals surface area contributed by atoms with Gasteiger partial charge in [0.05, 0.1) is 21.5 Å². The number of carbonyl (C=O) groups excluding carboxylic acids is 2. The SMILES string of the molecule is Cc1cc(Br)c(O)c(C(=O)OC(C)C(=O)Nc2c(C)nn(C)c2C)c1. The molecule has 0 spiro atoms. The Hall–Kier alpha value is -2.35. The number of halogens is 1. The van der Waals surface area contributed by atoms with E-state index in [4.69, 9.17) is 4.74 Å². The van der Waals surface area contributed by atoms with E-state index >= 15 is 0 Å². The van der Waals surface area contributed by atoms with Gasteiger partial charge in [-0.05, 0) is 61.3 Å². The molecule has 1 amide bonds. The summed E-state index contributed by atoms with van der Waals surface area (Å²) >= 11 is 3.18. The molecular weight excluding hydrogens is 390 g/mol. The molecule has 0 aliphatic rings.